The normalized spacial score (nSPS) is 12.1. The van der Waals surface area contributed by atoms with E-state index >= 15 is 0 Å². The van der Waals surface area contributed by atoms with E-state index in [2.05, 4.69) is 61.7 Å². The summed E-state index contributed by atoms with van der Waals surface area (Å²) in [7, 11) is 0. The van der Waals surface area contributed by atoms with Crippen molar-refractivity contribution >= 4 is 66.9 Å². The van der Waals surface area contributed by atoms with Crippen molar-refractivity contribution in [3.8, 4) is 31.6 Å². The van der Waals surface area contributed by atoms with Gasteiger partial charge in [-0.1, -0.05) is 27.7 Å². The van der Waals surface area contributed by atoms with E-state index in [0.29, 0.717) is 11.8 Å². The first-order valence-corrected chi connectivity index (χ1v) is 15.3. The van der Waals surface area contributed by atoms with Gasteiger partial charge >= 0.3 is 0 Å². The molecule has 4 aromatic rings. The second-order valence-corrected chi connectivity index (χ2v) is 14.0. The fourth-order valence-corrected chi connectivity index (χ4v) is 8.88. The summed E-state index contributed by atoms with van der Waals surface area (Å²) in [6, 6.07) is 12.9. The van der Waals surface area contributed by atoms with Gasteiger partial charge in [-0.2, -0.15) is 0 Å². The molecule has 0 aliphatic heterocycles. The lowest BCUT2D eigenvalue weighted by molar-refractivity contribution is 0.648. The fraction of sp³-hybridized carbons (Fsp3) is 0.267. The number of hydrogen-bond donors (Lipinski definition) is 0. The van der Waals surface area contributed by atoms with E-state index in [-0.39, 0.29) is 11.4 Å². The van der Waals surface area contributed by atoms with E-state index in [1.807, 2.05) is 12.1 Å². The van der Waals surface area contributed by atoms with Gasteiger partial charge < -0.3 is 0 Å². The summed E-state index contributed by atoms with van der Waals surface area (Å²) >= 11 is 6.81. The highest BCUT2D eigenvalue weighted by molar-refractivity contribution is 7.33. The van der Waals surface area contributed by atoms with Gasteiger partial charge in [0.25, 0.3) is 11.4 Å². The topological polar surface area (TPSA) is 56.3 Å². The van der Waals surface area contributed by atoms with Gasteiger partial charge in [0, 0.05) is 38.7 Å². The maximum absolute atomic E-state index is 9.25. The maximum Gasteiger partial charge on any atom is 0.263 e. The van der Waals surface area contributed by atoms with E-state index in [1.165, 1.54) is 30.3 Å². The average Bonchev–Trinajstić information content (AvgIpc) is 3.63. The van der Waals surface area contributed by atoms with Crippen molar-refractivity contribution in [3.63, 3.8) is 0 Å². The quantitative estimate of drug-likeness (QED) is 0.157. The van der Waals surface area contributed by atoms with E-state index in [0.717, 1.165) is 32.4 Å². The Balaban J connectivity index is 1.71. The van der Waals surface area contributed by atoms with Crippen LogP contribution in [0, 0.1) is 47.6 Å². The van der Waals surface area contributed by atoms with Crippen LogP contribution in [0.3, 0.4) is 0 Å². The fourth-order valence-electron chi connectivity index (χ4n) is 4.08. The van der Waals surface area contributed by atoms with Crippen molar-refractivity contribution in [1.29, 1.82) is 10.5 Å². The molecule has 0 aliphatic carbocycles. The van der Waals surface area contributed by atoms with Crippen LogP contribution in [0.1, 0.15) is 48.6 Å². The molecule has 0 N–H and O–H groups in total. The Hall–Kier alpha value is -3.50. The van der Waals surface area contributed by atoms with Crippen molar-refractivity contribution in [2.24, 2.45) is 11.8 Å². The number of rotatable bonds is 8. The Morgan fingerprint density at radius 3 is 1.39 bits per heavy atom. The Morgan fingerprint density at radius 2 is 1.08 bits per heavy atom. The lowest BCUT2D eigenvalue weighted by Gasteiger charge is -2.03. The Bertz CT molecular complexity index is 1540. The molecule has 0 aromatic carbocycles. The number of hydrogen-bond acceptors (Lipinski definition) is 6. The van der Waals surface area contributed by atoms with Crippen LogP contribution in [0.25, 0.3) is 50.8 Å². The standard InChI is InChI=1S/C30H24N4S4/c1-17(2)7-19-9-25(35-23(19)11-21(15-31)33-5)27-13-29-30(37-27)14-28(38-29)26-10-20(8-18(3)4)24(36-26)12-22(16-32)34-6/h9-14,17-18H,7-8H2,1-4H3/b21-11-,22-12+. The molecule has 4 heterocycles. The number of allylic oxidation sites excluding steroid dienone is 2. The van der Waals surface area contributed by atoms with Crippen LogP contribution in [0.2, 0.25) is 0 Å². The van der Waals surface area contributed by atoms with Crippen LogP contribution in [0.4, 0.5) is 0 Å². The van der Waals surface area contributed by atoms with Gasteiger partial charge in [-0.05, 0) is 72.2 Å². The third kappa shape index (κ3) is 6.14. The second kappa shape index (κ2) is 11.9. The zero-order valence-electron chi connectivity index (χ0n) is 21.5. The SMILES string of the molecule is [C-]#[N+]/C(C#N)=C\c1sc(-c2cc3sc(-c4cc(CC(C)C)c(/C=C(\C#N)[N+]#[C-])s4)cc3s2)cc1CC(C)C. The van der Waals surface area contributed by atoms with E-state index in [4.69, 9.17) is 13.1 Å². The number of fused-ring (bicyclic) bond motifs is 1. The van der Waals surface area contributed by atoms with Crippen molar-refractivity contribution < 1.29 is 0 Å². The van der Waals surface area contributed by atoms with Gasteiger partial charge in [0.15, 0.2) is 0 Å². The summed E-state index contributed by atoms with van der Waals surface area (Å²) in [5, 5.41) is 18.5. The molecule has 0 radical (unpaired) electrons. The molecule has 4 aromatic heterocycles. The molecule has 4 rings (SSSR count). The number of thiophene rings is 4. The highest BCUT2D eigenvalue weighted by Gasteiger charge is 2.17. The Morgan fingerprint density at radius 1 is 0.711 bits per heavy atom. The third-order valence-corrected chi connectivity index (χ3v) is 10.6. The van der Waals surface area contributed by atoms with Crippen molar-refractivity contribution in [1.82, 2.24) is 0 Å². The zero-order chi connectivity index (χ0) is 27.4. The van der Waals surface area contributed by atoms with Gasteiger partial charge in [-0.15, -0.1) is 45.3 Å². The molecule has 4 nitrogen and oxygen atoms in total. The molecule has 0 aliphatic rings. The largest absolute Gasteiger partial charge is 0.263 e. The zero-order valence-corrected chi connectivity index (χ0v) is 24.7. The molecule has 38 heavy (non-hydrogen) atoms. The Labute approximate surface area is 239 Å². The summed E-state index contributed by atoms with van der Waals surface area (Å²) in [6.07, 6.45) is 5.24. The van der Waals surface area contributed by atoms with Gasteiger partial charge in [0.2, 0.25) is 0 Å². The molecule has 0 amide bonds. The molecular weight excluding hydrogens is 545 g/mol. The van der Waals surface area contributed by atoms with Crippen LogP contribution in [0.15, 0.2) is 35.7 Å². The summed E-state index contributed by atoms with van der Waals surface area (Å²) in [4.78, 5) is 13.4. The molecule has 0 atom stereocenters. The highest BCUT2D eigenvalue weighted by Crippen LogP contribution is 2.46. The molecule has 0 bridgehead atoms. The van der Waals surface area contributed by atoms with E-state index < -0.39 is 0 Å². The van der Waals surface area contributed by atoms with E-state index in [9.17, 15) is 10.5 Å². The second-order valence-electron chi connectivity index (χ2n) is 9.65. The smallest absolute Gasteiger partial charge is 0.227 e. The molecule has 0 saturated carbocycles. The summed E-state index contributed by atoms with van der Waals surface area (Å²) < 4.78 is 2.45. The first-order chi connectivity index (χ1) is 18.2. The van der Waals surface area contributed by atoms with Crippen molar-refractivity contribution in [2.75, 3.05) is 0 Å². The highest BCUT2D eigenvalue weighted by atomic mass is 32.1. The predicted molar refractivity (Wildman–Crippen MR) is 164 cm³/mol. The van der Waals surface area contributed by atoms with Crippen LogP contribution in [-0.4, -0.2) is 0 Å². The van der Waals surface area contributed by atoms with Gasteiger partial charge in [-0.25, -0.2) is 20.2 Å². The van der Waals surface area contributed by atoms with Crippen LogP contribution in [0.5, 0.6) is 0 Å². The molecule has 0 fully saturated rings. The predicted octanol–water partition coefficient (Wildman–Crippen LogP) is 10.4. The first kappa shape index (κ1) is 27.5. The minimum Gasteiger partial charge on any atom is -0.227 e. The third-order valence-electron chi connectivity index (χ3n) is 5.64. The number of nitriles is 2. The van der Waals surface area contributed by atoms with Gasteiger partial charge in [0.05, 0.1) is 25.3 Å². The monoisotopic (exact) mass is 568 g/mol. The summed E-state index contributed by atoms with van der Waals surface area (Å²) in [5.74, 6) is 0.949. The van der Waals surface area contributed by atoms with Crippen LogP contribution < -0.4 is 0 Å². The summed E-state index contributed by atoms with van der Waals surface area (Å²) in [5.41, 5.74) is 2.59. The van der Waals surface area contributed by atoms with Gasteiger partial charge in [-0.3, -0.25) is 0 Å². The molecule has 0 spiro atoms. The molecule has 8 heteroatoms. The Kier molecular flexibility index (Phi) is 8.63. The maximum atomic E-state index is 9.25. The van der Waals surface area contributed by atoms with Crippen molar-refractivity contribution in [3.05, 3.63) is 79.4 Å². The minimum absolute atomic E-state index is 0.112. The lowest BCUT2D eigenvalue weighted by atomic mass is 10.0. The van der Waals surface area contributed by atoms with Crippen LogP contribution in [-0.2, 0) is 12.8 Å². The minimum atomic E-state index is 0.112. The average molecular weight is 569 g/mol. The first-order valence-electron chi connectivity index (χ1n) is 12.0. The molecule has 0 unspecified atom stereocenters. The molecular formula is C30H24N4S4. The van der Waals surface area contributed by atoms with E-state index in [1.54, 1.807) is 57.5 Å². The molecule has 188 valence electrons. The van der Waals surface area contributed by atoms with Crippen LogP contribution >= 0.6 is 45.3 Å². The summed E-state index contributed by atoms with van der Waals surface area (Å²) in [6.45, 7) is 23.2. The van der Waals surface area contributed by atoms with Crippen molar-refractivity contribution in [2.45, 2.75) is 40.5 Å². The number of nitrogens with zero attached hydrogens (tertiary/aromatic N) is 4. The molecule has 0 saturated heterocycles. The lowest BCUT2D eigenvalue weighted by Crippen LogP contribution is -1.93. The van der Waals surface area contributed by atoms with Gasteiger partial charge in [0.1, 0.15) is 0 Å².